The SMILES string of the molecule is CN(C)CCN(C)S(=O)(=O)c1ccc(CC(=O)O)s1. The number of aliphatic carboxylic acids is 1. The lowest BCUT2D eigenvalue weighted by molar-refractivity contribution is -0.136. The lowest BCUT2D eigenvalue weighted by Gasteiger charge is -2.18. The zero-order chi connectivity index (χ0) is 14.6. The molecule has 1 heterocycles. The maximum atomic E-state index is 12.2. The highest BCUT2D eigenvalue weighted by molar-refractivity contribution is 7.91. The van der Waals surface area contributed by atoms with E-state index in [9.17, 15) is 13.2 Å². The van der Waals surface area contributed by atoms with Gasteiger partial charge in [0.2, 0.25) is 0 Å². The van der Waals surface area contributed by atoms with Crippen molar-refractivity contribution in [1.29, 1.82) is 0 Å². The smallest absolute Gasteiger partial charge is 0.308 e. The third-order valence-electron chi connectivity index (χ3n) is 2.49. The predicted molar refractivity (Wildman–Crippen MR) is 74.0 cm³/mol. The van der Waals surface area contributed by atoms with E-state index in [4.69, 9.17) is 5.11 Å². The zero-order valence-electron chi connectivity index (χ0n) is 11.2. The minimum Gasteiger partial charge on any atom is -0.481 e. The van der Waals surface area contributed by atoms with Crippen LogP contribution in [0.25, 0.3) is 0 Å². The lowest BCUT2D eigenvalue weighted by atomic mass is 10.3. The monoisotopic (exact) mass is 306 g/mol. The standard InChI is InChI=1S/C11H18N2O4S2/c1-12(2)6-7-13(3)19(16,17)11-5-4-9(18-11)8-10(14)15/h4-5H,6-8H2,1-3H3,(H,14,15). The van der Waals surface area contributed by atoms with Gasteiger partial charge in [-0.25, -0.2) is 8.42 Å². The van der Waals surface area contributed by atoms with Gasteiger partial charge in [-0.3, -0.25) is 4.79 Å². The minimum atomic E-state index is -3.52. The number of carboxylic acids is 1. The first-order valence-electron chi connectivity index (χ1n) is 5.65. The Morgan fingerprint density at radius 2 is 1.89 bits per heavy atom. The van der Waals surface area contributed by atoms with Gasteiger partial charge >= 0.3 is 5.97 Å². The largest absolute Gasteiger partial charge is 0.481 e. The van der Waals surface area contributed by atoms with Gasteiger partial charge in [-0.2, -0.15) is 4.31 Å². The molecular weight excluding hydrogens is 288 g/mol. The van der Waals surface area contributed by atoms with Crippen LogP contribution >= 0.6 is 11.3 Å². The summed E-state index contributed by atoms with van der Waals surface area (Å²) in [6.07, 6.45) is -0.151. The molecule has 0 aliphatic carbocycles. The van der Waals surface area contributed by atoms with Crippen molar-refractivity contribution in [3.8, 4) is 0 Å². The van der Waals surface area contributed by atoms with Gasteiger partial charge in [-0.05, 0) is 26.2 Å². The van der Waals surface area contributed by atoms with Crippen molar-refractivity contribution in [2.75, 3.05) is 34.2 Å². The molecular formula is C11H18N2O4S2. The predicted octanol–water partition coefficient (Wildman–Crippen LogP) is 0.557. The van der Waals surface area contributed by atoms with Gasteiger partial charge in [0, 0.05) is 25.0 Å². The van der Waals surface area contributed by atoms with Crippen LogP contribution in [0.2, 0.25) is 0 Å². The Kier molecular flexibility index (Phi) is 5.48. The van der Waals surface area contributed by atoms with Crippen molar-refractivity contribution >= 4 is 27.3 Å². The molecule has 0 aliphatic rings. The van der Waals surface area contributed by atoms with E-state index in [1.807, 2.05) is 19.0 Å². The van der Waals surface area contributed by atoms with Gasteiger partial charge in [-0.15, -0.1) is 11.3 Å². The van der Waals surface area contributed by atoms with Crippen LogP contribution in [0.5, 0.6) is 0 Å². The van der Waals surface area contributed by atoms with Crippen molar-refractivity contribution in [2.45, 2.75) is 10.6 Å². The summed E-state index contributed by atoms with van der Waals surface area (Å²) in [5, 5.41) is 8.67. The number of carboxylic acid groups (broad SMARTS) is 1. The summed E-state index contributed by atoms with van der Waals surface area (Å²) >= 11 is 1.01. The highest BCUT2D eigenvalue weighted by Crippen LogP contribution is 2.24. The summed E-state index contributed by atoms with van der Waals surface area (Å²) in [7, 11) is 1.75. The number of hydrogen-bond acceptors (Lipinski definition) is 5. The molecule has 1 N–H and O–H groups in total. The number of nitrogens with zero attached hydrogens (tertiary/aromatic N) is 2. The zero-order valence-corrected chi connectivity index (χ0v) is 12.8. The molecule has 108 valence electrons. The average molecular weight is 306 g/mol. The van der Waals surface area contributed by atoms with Gasteiger partial charge < -0.3 is 10.0 Å². The van der Waals surface area contributed by atoms with Crippen LogP contribution in [0.4, 0.5) is 0 Å². The molecule has 0 amide bonds. The van der Waals surface area contributed by atoms with Gasteiger partial charge in [0.05, 0.1) is 6.42 Å². The van der Waals surface area contributed by atoms with Gasteiger partial charge in [0.1, 0.15) is 4.21 Å². The Morgan fingerprint density at radius 1 is 1.26 bits per heavy atom. The van der Waals surface area contributed by atoms with E-state index in [0.717, 1.165) is 11.3 Å². The van der Waals surface area contributed by atoms with Gasteiger partial charge in [0.15, 0.2) is 0 Å². The maximum Gasteiger partial charge on any atom is 0.308 e. The molecule has 6 nitrogen and oxygen atoms in total. The van der Waals surface area contributed by atoms with Crippen LogP contribution in [0.15, 0.2) is 16.3 Å². The Hall–Kier alpha value is -0.960. The summed E-state index contributed by atoms with van der Waals surface area (Å²) in [5.74, 6) is -0.966. The van der Waals surface area contributed by atoms with Crippen LogP contribution in [-0.2, 0) is 21.2 Å². The molecule has 0 radical (unpaired) electrons. The molecule has 1 aromatic rings. The fourth-order valence-corrected chi connectivity index (χ4v) is 4.08. The maximum absolute atomic E-state index is 12.2. The molecule has 19 heavy (non-hydrogen) atoms. The van der Waals surface area contributed by atoms with Gasteiger partial charge in [0.25, 0.3) is 10.0 Å². The molecule has 8 heteroatoms. The van der Waals surface area contributed by atoms with Crippen LogP contribution in [-0.4, -0.2) is 62.9 Å². The van der Waals surface area contributed by atoms with Crippen LogP contribution in [0.1, 0.15) is 4.88 Å². The normalized spacial score (nSPS) is 12.3. The third kappa shape index (κ3) is 4.57. The van der Waals surface area contributed by atoms with Gasteiger partial charge in [-0.1, -0.05) is 0 Å². The number of thiophene rings is 1. The number of carbonyl (C=O) groups is 1. The highest BCUT2D eigenvalue weighted by Gasteiger charge is 2.22. The van der Waals surface area contributed by atoms with Crippen molar-refractivity contribution in [2.24, 2.45) is 0 Å². The molecule has 0 fully saturated rings. The van der Waals surface area contributed by atoms with E-state index in [2.05, 4.69) is 0 Å². The van der Waals surface area contributed by atoms with Crippen molar-refractivity contribution in [3.05, 3.63) is 17.0 Å². The van der Waals surface area contributed by atoms with Crippen molar-refractivity contribution < 1.29 is 18.3 Å². The summed E-state index contributed by atoms with van der Waals surface area (Å²) in [6.45, 7) is 1.02. The average Bonchev–Trinajstić information content (AvgIpc) is 2.73. The third-order valence-corrected chi connectivity index (χ3v) is 5.90. The molecule has 0 atom stereocenters. The second kappa shape index (κ2) is 6.47. The number of sulfonamides is 1. The Balaban J connectivity index is 2.81. The molecule has 0 bridgehead atoms. The Labute approximate surface area is 117 Å². The quantitative estimate of drug-likeness (QED) is 0.796. The molecule has 0 saturated carbocycles. The number of hydrogen-bond donors (Lipinski definition) is 1. The van der Waals surface area contributed by atoms with Crippen LogP contribution in [0, 0.1) is 0 Å². The second-order valence-electron chi connectivity index (χ2n) is 4.42. The number of likely N-dealkylation sites (N-methyl/N-ethyl adjacent to an activating group) is 2. The first kappa shape index (κ1) is 16.1. The lowest BCUT2D eigenvalue weighted by Crippen LogP contribution is -2.33. The summed E-state index contributed by atoms with van der Waals surface area (Å²) < 4.78 is 25.9. The first-order valence-corrected chi connectivity index (χ1v) is 7.90. The molecule has 0 unspecified atom stereocenters. The molecule has 0 aliphatic heterocycles. The minimum absolute atomic E-state index is 0.151. The topological polar surface area (TPSA) is 77.9 Å². The van der Waals surface area contributed by atoms with Crippen LogP contribution < -0.4 is 0 Å². The van der Waals surface area contributed by atoms with Crippen molar-refractivity contribution in [1.82, 2.24) is 9.21 Å². The molecule has 0 spiro atoms. The van der Waals surface area contributed by atoms with Crippen LogP contribution in [0.3, 0.4) is 0 Å². The van der Waals surface area contributed by atoms with E-state index in [1.165, 1.54) is 17.4 Å². The highest BCUT2D eigenvalue weighted by atomic mass is 32.2. The van der Waals surface area contributed by atoms with E-state index >= 15 is 0 Å². The fraction of sp³-hybridized carbons (Fsp3) is 0.545. The fourth-order valence-electron chi connectivity index (χ4n) is 1.36. The molecule has 1 rings (SSSR count). The summed E-state index contributed by atoms with van der Waals surface area (Å²) in [4.78, 5) is 13.0. The Bertz CT molecular complexity index is 537. The first-order chi connectivity index (χ1) is 8.73. The summed E-state index contributed by atoms with van der Waals surface area (Å²) in [6, 6.07) is 3.01. The van der Waals surface area contributed by atoms with Crippen molar-refractivity contribution in [3.63, 3.8) is 0 Å². The second-order valence-corrected chi connectivity index (χ2v) is 7.86. The molecule has 1 aromatic heterocycles. The number of rotatable bonds is 7. The molecule has 0 aromatic carbocycles. The Morgan fingerprint density at radius 3 is 2.42 bits per heavy atom. The molecule has 0 saturated heterocycles. The van der Waals surface area contributed by atoms with E-state index in [-0.39, 0.29) is 10.6 Å². The van der Waals surface area contributed by atoms with E-state index in [1.54, 1.807) is 6.07 Å². The summed E-state index contributed by atoms with van der Waals surface area (Å²) in [5.41, 5.74) is 0. The van der Waals surface area contributed by atoms with E-state index in [0.29, 0.717) is 18.0 Å². The van der Waals surface area contributed by atoms with E-state index < -0.39 is 16.0 Å².